The van der Waals surface area contributed by atoms with E-state index in [2.05, 4.69) is 26.1 Å². The van der Waals surface area contributed by atoms with Crippen molar-refractivity contribution in [1.29, 1.82) is 0 Å². The summed E-state index contributed by atoms with van der Waals surface area (Å²) < 4.78 is 14.6. The maximum atomic E-state index is 13.7. The molecule has 2 nitrogen and oxygen atoms in total. The van der Waals surface area contributed by atoms with Gasteiger partial charge in [0.05, 0.1) is 0 Å². The van der Waals surface area contributed by atoms with E-state index in [1.807, 2.05) is 13.1 Å². The van der Waals surface area contributed by atoms with Crippen LogP contribution >= 0.6 is 28.3 Å². The van der Waals surface area contributed by atoms with Crippen LogP contribution in [0, 0.1) is 11.7 Å². The van der Waals surface area contributed by atoms with Crippen LogP contribution in [-0.4, -0.2) is 31.6 Å². The number of halogens is 3. The van der Waals surface area contributed by atoms with E-state index in [0.717, 1.165) is 42.1 Å². The Bertz CT molecular complexity index is 395. The Hall–Kier alpha value is -0.160. The zero-order valence-electron chi connectivity index (χ0n) is 11.2. The van der Waals surface area contributed by atoms with Gasteiger partial charge in [-0.3, -0.25) is 4.90 Å². The van der Waals surface area contributed by atoms with Gasteiger partial charge in [0, 0.05) is 16.6 Å². The first-order valence-corrected chi connectivity index (χ1v) is 7.29. The Balaban J connectivity index is 0.00000180. The largest absolute Gasteiger partial charge is 0.319 e. The van der Waals surface area contributed by atoms with Gasteiger partial charge in [0.25, 0.3) is 0 Å². The summed E-state index contributed by atoms with van der Waals surface area (Å²) in [5.74, 6) is 0.675. The SMILES string of the molecule is CNCC1CCN(Cc2cc(Br)ccc2F)CC1.Cl. The summed E-state index contributed by atoms with van der Waals surface area (Å²) in [6.07, 6.45) is 2.41. The summed E-state index contributed by atoms with van der Waals surface area (Å²) in [5.41, 5.74) is 0.788. The van der Waals surface area contributed by atoms with Gasteiger partial charge < -0.3 is 5.32 Å². The van der Waals surface area contributed by atoms with E-state index in [-0.39, 0.29) is 18.2 Å². The smallest absolute Gasteiger partial charge is 0.127 e. The molecule has 1 aromatic rings. The highest BCUT2D eigenvalue weighted by Gasteiger charge is 2.19. The molecule has 1 aliphatic heterocycles. The molecule has 1 fully saturated rings. The molecule has 1 aliphatic rings. The van der Waals surface area contributed by atoms with Gasteiger partial charge >= 0.3 is 0 Å². The lowest BCUT2D eigenvalue weighted by Crippen LogP contribution is -2.36. The summed E-state index contributed by atoms with van der Waals surface area (Å²) in [4.78, 5) is 2.34. The van der Waals surface area contributed by atoms with Crippen LogP contribution < -0.4 is 5.32 Å². The Labute approximate surface area is 129 Å². The summed E-state index contributed by atoms with van der Waals surface area (Å²) in [5, 5.41) is 3.23. The molecule has 0 aliphatic carbocycles. The average Bonchev–Trinajstić information content (AvgIpc) is 2.37. The quantitative estimate of drug-likeness (QED) is 0.894. The van der Waals surface area contributed by atoms with Crippen LogP contribution in [0.2, 0.25) is 0 Å². The molecule has 1 heterocycles. The van der Waals surface area contributed by atoms with Gasteiger partial charge in [0.15, 0.2) is 0 Å². The fourth-order valence-corrected chi connectivity index (χ4v) is 2.95. The average molecular weight is 352 g/mol. The first-order chi connectivity index (χ1) is 8.69. The minimum absolute atomic E-state index is 0. The second-order valence-electron chi connectivity index (χ2n) is 5.01. The zero-order chi connectivity index (χ0) is 13.0. The van der Waals surface area contributed by atoms with E-state index in [1.165, 1.54) is 18.9 Å². The fraction of sp³-hybridized carbons (Fsp3) is 0.571. The number of rotatable bonds is 4. The van der Waals surface area contributed by atoms with Crippen molar-refractivity contribution >= 4 is 28.3 Å². The lowest BCUT2D eigenvalue weighted by molar-refractivity contribution is 0.175. The van der Waals surface area contributed by atoms with Crippen molar-refractivity contribution in [2.24, 2.45) is 5.92 Å². The highest BCUT2D eigenvalue weighted by Crippen LogP contribution is 2.21. The van der Waals surface area contributed by atoms with Gasteiger partial charge in [0.2, 0.25) is 0 Å². The second-order valence-corrected chi connectivity index (χ2v) is 5.93. The van der Waals surface area contributed by atoms with Gasteiger partial charge in [-0.05, 0) is 63.6 Å². The van der Waals surface area contributed by atoms with E-state index in [4.69, 9.17) is 0 Å². The van der Waals surface area contributed by atoms with Crippen LogP contribution in [0.1, 0.15) is 18.4 Å². The molecule has 5 heteroatoms. The van der Waals surface area contributed by atoms with Crippen molar-refractivity contribution in [3.05, 3.63) is 34.1 Å². The number of nitrogens with one attached hydrogen (secondary N) is 1. The molecule has 0 bridgehead atoms. The lowest BCUT2D eigenvalue weighted by Gasteiger charge is -2.32. The summed E-state index contributed by atoms with van der Waals surface area (Å²) in [6.45, 7) is 3.95. The second kappa shape index (κ2) is 8.20. The monoisotopic (exact) mass is 350 g/mol. The number of nitrogens with zero attached hydrogens (tertiary/aromatic N) is 1. The van der Waals surface area contributed by atoms with E-state index in [9.17, 15) is 4.39 Å². The molecule has 108 valence electrons. The van der Waals surface area contributed by atoms with Crippen molar-refractivity contribution in [1.82, 2.24) is 10.2 Å². The molecule has 0 amide bonds. The van der Waals surface area contributed by atoms with Crippen LogP contribution in [0.4, 0.5) is 4.39 Å². The van der Waals surface area contributed by atoms with Crippen molar-refractivity contribution in [2.75, 3.05) is 26.7 Å². The van der Waals surface area contributed by atoms with Gasteiger partial charge in [-0.1, -0.05) is 15.9 Å². The van der Waals surface area contributed by atoms with E-state index in [0.29, 0.717) is 0 Å². The molecule has 1 N–H and O–H groups in total. The molecule has 1 saturated heterocycles. The van der Waals surface area contributed by atoms with Crippen LogP contribution in [0.3, 0.4) is 0 Å². The van der Waals surface area contributed by atoms with Crippen LogP contribution in [0.25, 0.3) is 0 Å². The third-order valence-electron chi connectivity index (χ3n) is 3.60. The fourth-order valence-electron chi connectivity index (χ4n) is 2.54. The first-order valence-electron chi connectivity index (χ1n) is 6.50. The first kappa shape index (κ1) is 16.9. The third-order valence-corrected chi connectivity index (χ3v) is 4.09. The molecule has 19 heavy (non-hydrogen) atoms. The number of hydrogen-bond donors (Lipinski definition) is 1. The summed E-state index contributed by atoms with van der Waals surface area (Å²) >= 11 is 3.40. The number of piperidine rings is 1. The Morgan fingerprint density at radius 3 is 2.68 bits per heavy atom. The van der Waals surface area contributed by atoms with Crippen molar-refractivity contribution < 1.29 is 4.39 Å². The lowest BCUT2D eigenvalue weighted by atomic mass is 9.96. The molecule has 0 atom stereocenters. The third kappa shape index (κ3) is 5.03. The minimum Gasteiger partial charge on any atom is -0.319 e. The Kier molecular flexibility index (Phi) is 7.29. The predicted molar refractivity (Wildman–Crippen MR) is 83.3 cm³/mol. The van der Waals surface area contributed by atoms with Crippen molar-refractivity contribution in [2.45, 2.75) is 19.4 Å². The highest BCUT2D eigenvalue weighted by atomic mass is 79.9. The number of benzene rings is 1. The maximum Gasteiger partial charge on any atom is 0.127 e. The van der Waals surface area contributed by atoms with Gasteiger partial charge in [-0.2, -0.15) is 0 Å². The van der Waals surface area contributed by atoms with E-state index < -0.39 is 0 Å². The van der Waals surface area contributed by atoms with E-state index in [1.54, 1.807) is 6.07 Å². The van der Waals surface area contributed by atoms with Gasteiger partial charge in [0.1, 0.15) is 5.82 Å². The van der Waals surface area contributed by atoms with E-state index >= 15 is 0 Å². The topological polar surface area (TPSA) is 15.3 Å². The van der Waals surface area contributed by atoms with Crippen molar-refractivity contribution in [3.63, 3.8) is 0 Å². The highest BCUT2D eigenvalue weighted by molar-refractivity contribution is 9.10. The molecule has 0 aromatic heterocycles. The van der Waals surface area contributed by atoms with Crippen molar-refractivity contribution in [3.8, 4) is 0 Å². The Morgan fingerprint density at radius 1 is 1.37 bits per heavy atom. The normalized spacial score (nSPS) is 17.2. The summed E-state index contributed by atoms with van der Waals surface area (Å²) in [6, 6.07) is 5.17. The predicted octanol–water partition coefficient (Wildman–Crippen LogP) is 3.44. The maximum absolute atomic E-state index is 13.7. The standard InChI is InChI=1S/C14H20BrFN2.ClH/c1-17-9-11-4-6-18(7-5-11)10-12-8-13(15)2-3-14(12)16;/h2-3,8,11,17H,4-7,9-10H2,1H3;1H. The number of likely N-dealkylation sites (tertiary alicyclic amines) is 1. The van der Waals surface area contributed by atoms with Crippen LogP contribution in [-0.2, 0) is 6.54 Å². The van der Waals surface area contributed by atoms with Crippen LogP contribution in [0.15, 0.2) is 22.7 Å². The minimum atomic E-state index is -0.101. The summed E-state index contributed by atoms with van der Waals surface area (Å²) in [7, 11) is 2.00. The molecule has 0 radical (unpaired) electrons. The van der Waals surface area contributed by atoms with Crippen LogP contribution in [0.5, 0.6) is 0 Å². The molecule has 0 unspecified atom stereocenters. The Morgan fingerprint density at radius 2 is 2.05 bits per heavy atom. The van der Waals surface area contributed by atoms with Gasteiger partial charge in [-0.25, -0.2) is 4.39 Å². The molecule has 1 aromatic carbocycles. The van der Waals surface area contributed by atoms with Gasteiger partial charge in [-0.15, -0.1) is 12.4 Å². The molecule has 0 saturated carbocycles. The number of hydrogen-bond acceptors (Lipinski definition) is 2. The molecule has 2 rings (SSSR count). The molecular weight excluding hydrogens is 331 g/mol. The molecular formula is C14H21BrClFN2. The zero-order valence-corrected chi connectivity index (χ0v) is 13.6. The molecule has 0 spiro atoms.